The molecule has 1 unspecified atom stereocenters. The number of aromatic hydroxyl groups is 2. The molecule has 1 aromatic rings. The summed E-state index contributed by atoms with van der Waals surface area (Å²) in [4.78, 5) is 0. The summed E-state index contributed by atoms with van der Waals surface area (Å²) in [6.45, 7) is 2.05. The van der Waals surface area contributed by atoms with Crippen molar-refractivity contribution in [2.75, 3.05) is 0 Å². The molecule has 0 amide bonds. The molecule has 0 saturated heterocycles. The van der Waals surface area contributed by atoms with E-state index in [0.29, 0.717) is 5.37 Å². The number of nitrogens with one attached hydrogen (secondary N) is 1. The topological polar surface area (TPSA) is 52.5 Å². The molecule has 1 aromatic carbocycles. The Bertz CT molecular complexity index is 390. The van der Waals surface area contributed by atoms with E-state index in [1.807, 2.05) is 12.3 Å². The first-order valence-corrected chi connectivity index (χ1v) is 5.25. The minimum atomic E-state index is 0.0746. The molecule has 1 heterocycles. The van der Waals surface area contributed by atoms with E-state index in [9.17, 15) is 5.11 Å². The highest BCUT2D eigenvalue weighted by atomic mass is 32.2. The zero-order chi connectivity index (χ0) is 10.1. The van der Waals surface area contributed by atoms with Crippen LogP contribution in [0, 0.1) is 0 Å². The fourth-order valence-electron chi connectivity index (χ4n) is 1.35. The largest absolute Gasteiger partial charge is 0.508 e. The quantitative estimate of drug-likeness (QED) is 0.663. The van der Waals surface area contributed by atoms with Crippen molar-refractivity contribution in [2.45, 2.75) is 12.3 Å². The van der Waals surface area contributed by atoms with Gasteiger partial charge in [0.1, 0.15) is 11.5 Å². The normalized spacial score (nSPS) is 20.4. The summed E-state index contributed by atoms with van der Waals surface area (Å²) in [5.74, 6) is 0.170. The Morgan fingerprint density at radius 1 is 1.36 bits per heavy atom. The molecular weight excluding hydrogens is 198 g/mol. The van der Waals surface area contributed by atoms with Crippen LogP contribution in [0.2, 0.25) is 0 Å². The molecule has 0 bridgehead atoms. The summed E-state index contributed by atoms with van der Waals surface area (Å²) in [6.07, 6.45) is 0. The maximum absolute atomic E-state index is 9.59. The maximum atomic E-state index is 9.59. The molecule has 1 aliphatic rings. The molecular formula is C10H11NO2S. The number of thioether (sulfide) groups is 1. The molecule has 0 fully saturated rings. The summed E-state index contributed by atoms with van der Waals surface area (Å²) in [6, 6.07) is 4.60. The van der Waals surface area contributed by atoms with E-state index in [0.717, 1.165) is 11.3 Å². The monoisotopic (exact) mass is 209 g/mol. The van der Waals surface area contributed by atoms with E-state index in [1.54, 1.807) is 23.9 Å². The van der Waals surface area contributed by atoms with Crippen LogP contribution in [-0.4, -0.2) is 15.6 Å². The maximum Gasteiger partial charge on any atom is 0.128 e. The van der Waals surface area contributed by atoms with Crippen LogP contribution in [0.1, 0.15) is 12.5 Å². The summed E-state index contributed by atoms with van der Waals surface area (Å²) < 4.78 is 0. The molecule has 3 nitrogen and oxygen atoms in total. The van der Waals surface area contributed by atoms with Crippen LogP contribution in [0.3, 0.4) is 0 Å². The number of rotatable bonds is 1. The standard InChI is InChI=1S/C10H11NO2S/c1-6-11-9(5-14-6)8-3-2-7(12)4-10(8)13/h2-6,11-13H,1H3. The van der Waals surface area contributed by atoms with Crippen molar-refractivity contribution in [2.24, 2.45) is 0 Å². The first-order chi connectivity index (χ1) is 6.66. The number of phenols is 2. The fourth-order valence-corrected chi connectivity index (χ4v) is 2.08. The molecule has 2 rings (SSSR count). The van der Waals surface area contributed by atoms with Gasteiger partial charge in [0.15, 0.2) is 0 Å². The summed E-state index contributed by atoms with van der Waals surface area (Å²) in [5.41, 5.74) is 1.62. The molecule has 1 atom stereocenters. The second-order valence-electron chi connectivity index (χ2n) is 3.16. The van der Waals surface area contributed by atoms with Gasteiger partial charge >= 0.3 is 0 Å². The van der Waals surface area contributed by atoms with Gasteiger partial charge in [-0.05, 0) is 24.5 Å². The smallest absolute Gasteiger partial charge is 0.128 e. The predicted octanol–water partition coefficient (Wildman–Crippen LogP) is 2.08. The number of phenolic OH excluding ortho intramolecular Hbond substituents is 2. The van der Waals surface area contributed by atoms with Crippen molar-refractivity contribution >= 4 is 17.5 Å². The minimum absolute atomic E-state index is 0.0746. The van der Waals surface area contributed by atoms with E-state index in [2.05, 4.69) is 5.32 Å². The van der Waals surface area contributed by atoms with Gasteiger partial charge in [-0.2, -0.15) is 0 Å². The van der Waals surface area contributed by atoms with Gasteiger partial charge in [-0.1, -0.05) is 0 Å². The molecule has 74 valence electrons. The lowest BCUT2D eigenvalue weighted by Gasteiger charge is -2.09. The van der Waals surface area contributed by atoms with Gasteiger partial charge in [-0.15, -0.1) is 11.8 Å². The first-order valence-electron chi connectivity index (χ1n) is 4.31. The third kappa shape index (κ3) is 1.65. The second-order valence-corrected chi connectivity index (χ2v) is 4.37. The van der Waals surface area contributed by atoms with Gasteiger partial charge in [-0.3, -0.25) is 0 Å². The Labute approximate surface area is 86.5 Å². The predicted molar refractivity (Wildman–Crippen MR) is 57.9 cm³/mol. The second kappa shape index (κ2) is 3.46. The van der Waals surface area contributed by atoms with Crippen LogP contribution in [0.25, 0.3) is 5.70 Å². The van der Waals surface area contributed by atoms with Gasteiger partial charge in [0.05, 0.1) is 11.1 Å². The third-order valence-corrected chi connectivity index (χ3v) is 2.92. The van der Waals surface area contributed by atoms with Crippen molar-refractivity contribution in [3.63, 3.8) is 0 Å². The Kier molecular flexibility index (Phi) is 2.29. The van der Waals surface area contributed by atoms with E-state index < -0.39 is 0 Å². The lowest BCUT2D eigenvalue weighted by atomic mass is 10.1. The Morgan fingerprint density at radius 2 is 2.14 bits per heavy atom. The first kappa shape index (κ1) is 9.27. The van der Waals surface area contributed by atoms with Gasteiger partial charge in [0, 0.05) is 11.6 Å². The molecule has 4 heteroatoms. The lowest BCUT2D eigenvalue weighted by molar-refractivity contribution is 0.449. The molecule has 14 heavy (non-hydrogen) atoms. The average molecular weight is 209 g/mol. The minimum Gasteiger partial charge on any atom is -0.508 e. The van der Waals surface area contributed by atoms with Gasteiger partial charge < -0.3 is 15.5 Å². The summed E-state index contributed by atoms with van der Waals surface area (Å²) in [7, 11) is 0. The van der Waals surface area contributed by atoms with Crippen molar-refractivity contribution in [3.8, 4) is 11.5 Å². The molecule has 1 aliphatic heterocycles. The highest BCUT2D eigenvalue weighted by Crippen LogP contribution is 2.33. The lowest BCUT2D eigenvalue weighted by Crippen LogP contribution is -2.15. The summed E-state index contributed by atoms with van der Waals surface area (Å²) in [5, 5.41) is 24.2. The van der Waals surface area contributed by atoms with Crippen LogP contribution in [-0.2, 0) is 0 Å². The molecule has 0 aliphatic carbocycles. The number of benzene rings is 1. The fraction of sp³-hybridized carbons (Fsp3) is 0.200. The molecule has 0 aromatic heterocycles. The van der Waals surface area contributed by atoms with E-state index in [4.69, 9.17) is 5.11 Å². The Balaban J connectivity index is 2.33. The van der Waals surface area contributed by atoms with Crippen molar-refractivity contribution in [1.82, 2.24) is 5.32 Å². The highest BCUT2D eigenvalue weighted by Gasteiger charge is 2.15. The van der Waals surface area contributed by atoms with E-state index in [-0.39, 0.29) is 11.5 Å². The Morgan fingerprint density at radius 3 is 2.71 bits per heavy atom. The van der Waals surface area contributed by atoms with Crippen molar-refractivity contribution in [1.29, 1.82) is 0 Å². The van der Waals surface area contributed by atoms with E-state index >= 15 is 0 Å². The molecule has 3 N–H and O–H groups in total. The summed E-state index contributed by atoms with van der Waals surface area (Å²) >= 11 is 1.67. The average Bonchev–Trinajstić information content (AvgIpc) is 2.51. The zero-order valence-corrected chi connectivity index (χ0v) is 8.51. The highest BCUT2D eigenvalue weighted by molar-refractivity contribution is 8.03. The van der Waals surface area contributed by atoms with Crippen LogP contribution in [0.15, 0.2) is 23.6 Å². The number of hydrogen-bond acceptors (Lipinski definition) is 4. The Hall–Kier alpha value is -1.29. The zero-order valence-electron chi connectivity index (χ0n) is 7.69. The van der Waals surface area contributed by atoms with Crippen molar-refractivity contribution in [3.05, 3.63) is 29.2 Å². The van der Waals surface area contributed by atoms with Gasteiger partial charge in [0.25, 0.3) is 0 Å². The molecule has 0 saturated carbocycles. The van der Waals surface area contributed by atoms with Gasteiger partial charge in [0.2, 0.25) is 0 Å². The van der Waals surface area contributed by atoms with Crippen LogP contribution in [0.5, 0.6) is 11.5 Å². The van der Waals surface area contributed by atoms with Gasteiger partial charge in [-0.25, -0.2) is 0 Å². The van der Waals surface area contributed by atoms with Crippen molar-refractivity contribution < 1.29 is 10.2 Å². The van der Waals surface area contributed by atoms with Crippen LogP contribution >= 0.6 is 11.8 Å². The SMILES string of the molecule is CC1NC(c2ccc(O)cc2O)=CS1. The third-order valence-electron chi connectivity index (χ3n) is 2.02. The van der Waals surface area contributed by atoms with Crippen LogP contribution < -0.4 is 5.32 Å². The molecule has 0 spiro atoms. The van der Waals surface area contributed by atoms with E-state index in [1.165, 1.54) is 6.07 Å². The molecule has 0 radical (unpaired) electrons. The number of hydrogen-bond donors (Lipinski definition) is 3. The van der Waals surface area contributed by atoms with Crippen LogP contribution in [0.4, 0.5) is 0 Å².